The third-order valence-electron chi connectivity index (χ3n) is 4.52. The van der Waals surface area contributed by atoms with Gasteiger partial charge < -0.3 is 14.6 Å². The molecule has 0 radical (unpaired) electrons. The van der Waals surface area contributed by atoms with Gasteiger partial charge in [0.2, 0.25) is 9.84 Å². The number of nitrogens with one attached hydrogen (secondary N) is 1. The number of hydrogen-bond donors (Lipinski definition) is 1. The van der Waals surface area contributed by atoms with Crippen molar-refractivity contribution >= 4 is 21.6 Å². The summed E-state index contributed by atoms with van der Waals surface area (Å²) < 4.78 is 32.2. The van der Waals surface area contributed by atoms with Crippen molar-refractivity contribution in [3.8, 4) is 0 Å². The van der Waals surface area contributed by atoms with Gasteiger partial charge in [-0.25, -0.2) is 13.2 Å². The zero-order valence-corrected chi connectivity index (χ0v) is 15.2. The molecule has 0 atom stereocenters. The van der Waals surface area contributed by atoms with Crippen LogP contribution in [0, 0.1) is 13.8 Å². The van der Waals surface area contributed by atoms with E-state index in [0.29, 0.717) is 17.9 Å². The van der Waals surface area contributed by atoms with Gasteiger partial charge in [-0.2, -0.15) is 0 Å². The molecule has 0 saturated carbocycles. The van der Waals surface area contributed by atoms with Crippen LogP contribution in [0.25, 0.3) is 0 Å². The lowest BCUT2D eigenvalue weighted by molar-refractivity contribution is -0.135. The van der Waals surface area contributed by atoms with Crippen LogP contribution in [0.15, 0.2) is 46.3 Å². The Balaban J connectivity index is 2.01. The Bertz CT molecular complexity index is 957. The molecule has 1 aliphatic rings. The van der Waals surface area contributed by atoms with E-state index in [1.807, 2.05) is 41.8 Å². The molecule has 0 aliphatic carbocycles. The molecule has 25 heavy (non-hydrogen) atoms. The number of anilines is 1. The lowest BCUT2D eigenvalue weighted by Crippen LogP contribution is -2.22. The number of nitrogens with zero attached hydrogens (tertiary/aromatic N) is 1. The maximum atomic E-state index is 12.8. The van der Waals surface area contributed by atoms with E-state index in [1.165, 1.54) is 11.8 Å². The number of methoxy groups -OCH3 is 1. The zero-order valence-electron chi connectivity index (χ0n) is 14.4. The van der Waals surface area contributed by atoms with Crippen LogP contribution in [0.2, 0.25) is 0 Å². The van der Waals surface area contributed by atoms with Crippen molar-refractivity contribution in [2.75, 3.05) is 12.4 Å². The number of sulfone groups is 1. The molecule has 0 bridgehead atoms. The second-order valence-electron chi connectivity index (χ2n) is 5.92. The first-order valence-corrected chi connectivity index (χ1v) is 9.40. The third-order valence-corrected chi connectivity index (χ3v) is 6.43. The summed E-state index contributed by atoms with van der Waals surface area (Å²) in [5.41, 5.74) is 2.67. The van der Waals surface area contributed by atoms with Crippen LogP contribution in [0.4, 0.5) is 5.82 Å². The highest BCUT2D eigenvalue weighted by molar-refractivity contribution is 7.96. The van der Waals surface area contributed by atoms with E-state index in [4.69, 9.17) is 0 Å². The quantitative estimate of drug-likeness (QED) is 0.848. The molecule has 7 heteroatoms. The van der Waals surface area contributed by atoms with Gasteiger partial charge in [0.25, 0.3) is 0 Å². The molecule has 0 saturated heterocycles. The van der Waals surface area contributed by atoms with Gasteiger partial charge in [-0.3, -0.25) is 0 Å². The van der Waals surface area contributed by atoms with Gasteiger partial charge in [0.05, 0.1) is 7.11 Å². The van der Waals surface area contributed by atoms with Crippen molar-refractivity contribution in [3.05, 3.63) is 58.3 Å². The van der Waals surface area contributed by atoms with Gasteiger partial charge in [0, 0.05) is 18.4 Å². The number of ether oxygens (including phenoxy) is 1. The maximum Gasteiger partial charge on any atom is 0.351 e. The second-order valence-corrected chi connectivity index (χ2v) is 7.78. The summed E-state index contributed by atoms with van der Waals surface area (Å²) >= 11 is 0. The standard InChI is InChI=1S/C18H20N2O4S/c1-12-13(2)20(10-9-14-7-5-4-6-8-14)17-16(12)25(22,23)15(11-19-17)18(21)24-3/h4-8,11,19H,9-10H2,1-3H3. The molecule has 0 unspecified atom stereocenters. The lowest BCUT2D eigenvalue weighted by Gasteiger charge is -2.18. The fraction of sp³-hybridized carbons (Fsp3) is 0.278. The monoisotopic (exact) mass is 360 g/mol. The Kier molecular flexibility index (Phi) is 4.43. The molecule has 2 heterocycles. The Morgan fingerprint density at radius 2 is 1.88 bits per heavy atom. The Morgan fingerprint density at radius 3 is 2.52 bits per heavy atom. The van der Waals surface area contributed by atoms with Crippen molar-refractivity contribution in [1.29, 1.82) is 0 Å². The van der Waals surface area contributed by atoms with Crippen LogP contribution >= 0.6 is 0 Å². The maximum absolute atomic E-state index is 12.8. The average molecular weight is 360 g/mol. The third kappa shape index (κ3) is 2.84. The van der Waals surface area contributed by atoms with E-state index in [0.717, 1.165) is 19.2 Å². The van der Waals surface area contributed by atoms with Gasteiger partial charge in [-0.1, -0.05) is 30.3 Å². The number of aryl methyl sites for hydroxylation is 1. The second kappa shape index (κ2) is 6.40. The van der Waals surface area contributed by atoms with Crippen LogP contribution in [0.3, 0.4) is 0 Å². The summed E-state index contributed by atoms with van der Waals surface area (Å²) in [4.78, 5) is 11.6. The van der Waals surface area contributed by atoms with Crippen molar-refractivity contribution < 1.29 is 17.9 Å². The van der Waals surface area contributed by atoms with E-state index < -0.39 is 15.8 Å². The predicted octanol–water partition coefficient (Wildman–Crippen LogP) is 2.56. The highest BCUT2D eigenvalue weighted by Crippen LogP contribution is 2.38. The first-order valence-electron chi connectivity index (χ1n) is 7.91. The number of carbonyl (C=O) groups is 1. The lowest BCUT2D eigenvalue weighted by atomic mass is 10.1. The number of fused-ring (bicyclic) bond motifs is 1. The molecule has 1 N–H and O–H groups in total. The molecule has 1 aromatic heterocycles. The number of benzene rings is 1. The largest absolute Gasteiger partial charge is 0.465 e. The molecule has 1 aromatic carbocycles. The number of esters is 1. The minimum Gasteiger partial charge on any atom is -0.465 e. The smallest absolute Gasteiger partial charge is 0.351 e. The predicted molar refractivity (Wildman–Crippen MR) is 95.0 cm³/mol. The Hall–Kier alpha value is -2.54. The Morgan fingerprint density at radius 1 is 1.20 bits per heavy atom. The SMILES string of the molecule is COC(=O)C1=CNc2c(c(C)c(C)n2CCc2ccccc2)S1(=O)=O. The number of hydrogen-bond acceptors (Lipinski definition) is 5. The van der Waals surface area contributed by atoms with Crippen molar-refractivity contribution in [1.82, 2.24) is 4.57 Å². The van der Waals surface area contributed by atoms with Crippen molar-refractivity contribution in [3.63, 3.8) is 0 Å². The van der Waals surface area contributed by atoms with Gasteiger partial charge in [0.15, 0.2) is 4.91 Å². The zero-order chi connectivity index (χ0) is 18.2. The molecule has 132 valence electrons. The van der Waals surface area contributed by atoms with E-state index in [-0.39, 0.29) is 9.80 Å². The summed E-state index contributed by atoms with van der Waals surface area (Å²) in [5.74, 6) is -0.370. The van der Waals surface area contributed by atoms with Gasteiger partial charge in [0.1, 0.15) is 10.7 Å². The number of aromatic nitrogens is 1. The first-order chi connectivity index (χ1) is 11.9. The van der Waals surface area contributed by atoms with Crippen LogP contribution in [0.5, 0.6) is 0 Å². The van der Waals surface area contributed by atoms with E-state index >= 15 is 0 Å². The van der Waals surface area contributed by atoms with Gasteiger partial charge in [-0.15, -0.1) is 0 Å². The number of rotatable bonds is 4. The molecule has 0 amide bonds. The van der Waals surface area contributed by atoms with E-state index in [1.54, 1.807) is 6.92 Å². The minimum atomic E-state index is -3.91. The molecular weight excluding hydrogens is 340 g/mol. The highest BCUT2D eigenvalue weighted by atomic mass is 32.2. The number of carbonyl (C=O) groups excluding carboxylic acids is 1. The molecule has 0 spiro atoms. The van der Waals surface area contributed by atoms with Gasteiger partial charge in [-0.05, 0) is 31.4 Å². The molecule has 6 nitrogen and oxygen atoms in total. The highest BCUT2D eigenvalue weighted by Gasteiger charge is 2.37. The summed E-state index contributed by atoms with van der Waals surface area (Å²) in [6.45, 7) is 4.27. The van der Waals surface area contributed by atoms with Crippen LogP contribution in [0.1, 0.15) is 16.8 Å². The normalized spacial score (nSPS) is 15.1. The summed E-state index contributed by atoms with van der Waals surface area (Å²) in [6, 6.07) is 10.00. The van der Waals surface area contributed by atoms with E-state index in [2.05, 4.69) is 10.1 Å². The summed E-state index contributed by atoms with van der Waals surface area (Å²) in [7, 11) is -2.74. The topological polar surface area (TPSA) is 77.4 Å². The first kappa shape index (κ1) is 17.3. The molecular formula is C18H20N2O4S. The Labute approximate surface area is 147 Å². The fourth-order valence-electron chi connectivity index (χ4n) is 3.06. The fourth-order valence-corrected chi connectivity index (χ4v) is 4.77. The molecule has 1 aliphatic heterocycles. The summed E-state index contributed by atoms with van der Waals surface area (Å²) in [5, 5.41) is 2.97. The average Bonchev–Trinajstić information content (AvgIpc) is 2.85. The minimum absolute atomic E-state index is 0.154. The van der Waals surface area contributed by atoms with Crippen LogP contribution in [-0.2, 0) is 32.3 Å². The summed E-state index contributed by atoms with van der Waals surface area (Å²) in [6.07, 6.45) is 1.99. The van der Waals surface area contributed by atoms with Crippen molar-refractivity contribution in [2.45, 2.75) is 31.7 Å². The van der Waals surface area contributed by atoms with Crippen LogP contribution in [-0.4, -0.2) is 26.1 Å². The molecule has 0 fully saturated rings. The van der Waals surface area contributed by atoms with Crippen LogP contribution < -0.4 is 5.32 Å². The van der Waals surface area contributed by atoms with Gasteiger partial charge >= 0.3 is 5.97 Å². The van der Waals surface area contributed by atoms with E-state index in [9.17, 15) is 13.2 Å². The van der Waals surface area contributed by atoms with Crippen molar-refractivity contribution in [2.24, 2.45) is 0 Å². The molecule has 2 aromatic rings. The molecule has 3 rings (SSSR count).